The highest BCUT2D eigenvalue weighted by Gasteiger charge is 2.12. The minimum atomic E-state index is -0.209. The van der Waals surface area contributed by atoms with Crippen LogP contribution in [0.5, 0.6) is 0 Å². The van der Waals surface area contributed by atoms with Crippen molar-refractivity contribution in [3.8, 4) is 0 Å². The summed E-state index contributed by atoms with van der Waals surface area (Å²) in [6.45, 7) is 4.54. The minimum absolute atomic E-state index is 0.0369. The zero-order chi connectivity index (χ0) is 16.5. The van der Waals surface area contributed by atoms with E-state index in [-0.39, 0.29) is 18.7 Å². The second-order valence-corrected chi connectivity index (χ2v) is 6.16. The fourth-order valence-corrected chi connectivity index (χ4v) is 2.77. The Balaban J connectivity index is 1.86. The van der Waals surface area contributed by atoms with Gasteiger partial charge in [0, 0.05) is 38.5 Å². The number of amides is 2. The summed E-state index contributed by atoms with van der Waals surface area (Å²) < 4.78 is 0. The third-order valence-electron chi connectivity index (χ3n) is 4.13. The Labute approximate surface area is 138 Å². The first-order valence-electron chi connectivity index (χ1n) is 8.54. The normalized spacial score (nSPS) is 16.5. The molecule has 1 aliphatic rings. The van der Waals surface area contributed by atoms with Gasteiger partial charge >= 0.3 is 6.03 Å². The lowest BCUT2D eigenvalue weighted by Crippen LogP contribution is -2.40. The first-order valence-corrected chi connectivity index (χ1v) is 8.54. The number of aliphatic hydroxyl groups excluding tert-OH is 1. The predicted molar refractivity (Wildman–Crippen MR) is 91.5 cm³/mol. The Morgan fingerprint density at radius 3 is 2.78 bits per heavy atom. The van der Waals surface area contributed by atoms with E-state index in [0.29, 0.717) is 13.0 Å². The number of anilines is 1. The monoisotopic (exact) mass is 320 g/mol. The number of carbonyl (C=O) groups excluding carboxylic acids is 1. The molecule has 0 aliphatic carbocycles. The van der Waals surface area contributed by atoms with E-state index < -0.39 is 0 Å². The lowest BCUT2D eigenvalue weighted by Gasteiger charge is -2.22. The van der Waals surface area contributed by atoms with Gasteiger partial charge in [-0.3, -0.25) is 0 Å². The number of nitrogens with one attached hydrogen (secondary N) is 2. The fraction of sp³-hybridized carbons (Fsp3) is 0.647. The molecule has 0 radical (unpaired) electrons. The van der Waals surface area contributed by atoms with Crippen molar-refractivity contribution in [2.45, 2.75) is 51.6 Å². The molecule has 0 unspecified atom stereocenters. The van der Waals surface area contributed by atoms with Crippen molar-refractivity contribution >= 4 is 11.8 Å². The van der Waals surface area contributed by atoms with Crippen LogP contribution in [0.3, 0.4) is 0 Å². The van der Waals surface area contributed by atoms with Gasteiger partial charge in [0.1, 0.15) is 5.82 Å². The maximum absolute atomic E-state index is 11.8. The van der Waals surface area contributed by atoms with Gasteiger partial charge in [-0.25, -0.2) is 9.78 Å². The van der Waals surface area contributed by atoms with E-state index in [9.17, 15) is 4.79 Å². The smallest absolute Gasteiger partial charge is 0.315 e. The number of hydrogen-bond donors (Lipinski definition) is 3. The van der Waals surface area contributed by atoms with E-state index >= 15 is 0 Å². The Morgan fingerprint density at radius 2 is 2.09 bits per heavy atom. The second-order valence-electron chi connectivity index (χ2n) is 6.16. The van der Waals surface area contributed by atoms with Crippen LogP contribution in [0.1, 0.15) is 44.6 Å². The third kappa shape index (κ3) is 6.06. The SMILES string of the molecule is C[C@H](CCO)NC(=O)NCc1ccnc(N2CCCCCC2)c1. The van der Waals surface area contributed by atoms with Gasteiger partial charge in [-0.15, -0.1) is 0 Å². The minimum Gasteiger partial charge on any atom is -0.396 e. The summed E-state index contributed by atoms with van der Waals surface area (Å²) >= 11 is 0. The largest absolute Gasteiger partial charge is 0.396 e. The number of hydrogen-bond acceptors (Lipinski definition) is 4. The highest BCUT2D eigenvalue weighted by Crippen LogP contribution is 2.18. The molecule has 0 spiro atoms. The molecule has 2 amide bonds. The molecule has 2 heterocycles. The van der Waals surface area contributed by atoms with Crippen LogP contribution in [0, 0.1) is 0 Å². The maximum Gasteiger partial charge on any atom is 0.315 e. The number of aromatic nitrogens is 1. The van der Waals surface area contributed by atoms with Crippen LogP contribution in [0.4, 0.5) is 10.6 Å². The molecule has 3 N–H and O–H groups in total. The topological polar surface area (TPSA) is 77.5 Å². The summed E-state index contributed by atoms with van der Waals surface area (Å²) in [6.07, 6.45) is 7.39. The second kappa shape index (κ2) is 9.35. The molecular weight excluding hydrogens is 292 g/mol. The molecule has 0 saturated carbocycles. The molecule has 23 heavy (non-hydrogen) atoms. The summed E-state index contributed by atoms with van der Waals surface area (Å²) in [6, 6.07) is 3.74. The van der Waals surface area contributed by atoms with Crippen LogP contribution in [0.15, 0.2) is 18.3 Å². The highest BCUT2D eigenvalue weighted by molar-refractivity contribution is 5.74. The molecule has 1 atom stereocenters. The van der Waals surface area contributed by atoms with Crippen molar-refractivity contribution in [1.29, 1.82) is 0 Å². The van der Waals surface area contributed by atoms with E-state index in [1.54, 1.807) is 0 Å². The van der Waals surface area contributed by atoms with E-state index in [2.05, 4.69) is 26.6 Å². The van der Waals surface area contributed by atoms with Crippen LogP contribution < -0.4 is 15.5 Å². The van der Waals surface area contributed by atoms with Crippen molar-refractivity contribution in [1.82, 2.24) is 15.6 Å². The van der Waals surface area contributed by atoms with Crippen LogP contribution >= 0.6 is 0 Å². The molecular formula is C17H28N4O2. The number of nitrogens with zero attached hydrogens (tertiary/aromatic N) is 2. The van der Waals surface area contributed by atoms with Crippen molar-refractivity contribution in [3.05, 3.63) is 23.9 Å². The first kappa shape index (κ1) is 17.5. The molecule has 1 saturated heterocycles. The lowest BCUT2D eigenvalue weighted by molar-refractivity contribution is 0.230. The van der Waals surface area contributed by atoms with E-state index in [1.165, 1.54) is 25.7 Å². The van der Waals surface area contributed by atoms with Gasteiger partial charge < -0.3 is 20.6 Å². The van der Waals surface area contributed by atoms with Gasteiger partial charge in [-0.05, 0) is 43.9 Å². The summed E-state index contributed by atoms with van der Waals surface area (Å²) in [5, 5.41) is 14.5. The van der Waals surface area contributed by atoms with E-state index in [4.69, 9.17) is 5.11 Å². The van der Waals surface area contributed by atoms with Crippen molar-refractivity contribution in [2.24, 2.45) is 0 Å². The highest BCUT2D eigenvalue weighted by atomic mass is 16.3. The molecule has 2 rings (SSSR count). The lowest BCUT2D eigenvalue weighted by atomic mass is 10.2. The molecule has 1 aromatic rings. The number of urea groups is 1. The van der Waals surface area contributed by atoms with Crippen LogP contribution in [-0.4, -0.2) is 41.9 Å². The maximum atomic E-state index is 11.8. The van der Waals surface area contributed by atoms with Gasteiger partial charge in [0.05, 0.1) is 0 Å². The molecule has 6 nitrogen and oxygen atoms in total. The Kier molecular flexibility index (Phi) is 7.13. The molecule has 6 heteroatoms. The molecule has 128 valence electrons. The van der Waals surface area contributed by atoms with Gasteiger partial charge in [0.25, 0.3) is 0 Å². The van der Waals surface area contributed by atoms with Crippen LogP contribution in [0.2, 0.25) is 0 Å². The average Bonchev–Trinajstić information content (AvgIpc) is 2.83. The quantitative estimate of drug-likeness (QED) is 0.749. The number of carbonyl (C=O) groups is 1. The molecule has 1 fully saturated rings. The van der Waals surface area contributed by atoms with Gasteiger partial charge in [-0.1, -0.05) is 12.8 Å². The van der Waals surface area contributed by atoms with Gasteiger partial charge in [-0.2, -0.15) is 0 Å². The summed E-state index contributed by atoms with van der Waals surface area (Å²) in [4.78, 5) is 18.6. The van der Waals surface area contributed by atoms with E-state index in [0.717, 1.165) is 24.5 Å². The zero-order valence-electron chi connectivity index (χ0n) is 13.9. The van der Waals surface area contributed by atoms with E-state index in [1.807, 2.05) is 19.2 Å². The van der Waals surface area contributed by atoms with Crippen LogP contribution in [0.25, 0.3) is 0 Å². The molecule has 1 aromatic heterocycles. The molecule has 1 aliphatic heterocycles. The predicted octanol–water partition coefficient (Wildman–Crippen LogP) is 2.03. The third-order valence-corrected chi connectivity index (χ3v) is 4.13. The van der Waals surface area contributed by atoms with Crippen molar-refractivity contribution in [2.75, 3.05) is 24.6 Å². The van der Waals surface area contributed by atoms with Crippen molar-refractivity contribution < 1.29 is 9.90 Å². The van der Waals surface area contributed by atoms with Crippen molar-refractivity contribution in [3.63, 3.8) is 0 Å². The number of aliphatic hydroxyl groups is 1. The first-order chi connectivity index (χ1) is 11.2. The zero-order valence-corrected chi connectivity index (χ0v) is 13.9. The summed E-state index contributed by atoms with van der Waals surface area (Å²) in [7, 11) is 0. The molecule has 0 aromatic carbocycles. The number of pyridine rings is 1. The van der Waals surface area contributed by atoms with Gasteiger partial charge in [0.15, 0.2) is 0 Å². The standard InChI is InChI=1S/C17H28N4O2/c1-14(7-11-22)20-17(23)19-13-15-6-8-18-16(12-15)21-9-4-2-3-5-10-21/h6,8,12,14,22H,2-5,7,9-11,13H2,1H3,(H2,19,20,23)/t14-/m1/s1. The number of rotatable bonds is 6. The molecule has 0 bridgehead atoms. The summed E-state index contributed by atoms with van der Waals surface area (Å²) in [5.74, 6) is 1.00. The van der Waals surface area contributed by atoms with Gasteiger partial charge in [0.2, 0.25) is 0 Å². The fourth-order valence-electron chi connectivity index (χ4n) is 2.77. The Morgan fingerprint density at radius 1 is 1.35 bits per heavy atom. The summed E-state index contributed by atoms with van der Waals surface area (Å²) in [5.41, 5.74) is 1.05. The Bertz CT molecular complexity index is 487. The van der Waals surface area contributed by atoms with Crippen LogP contribution in [-0.2, 0) is 6.54 Å². The Hall–Kier alpha value is -1.82. The average molecular weight is 320 g/mol.